The number of carboxylic acids is 1. The van der Waals surface area contributed by atoms with Crippen molar-refractivity contribution in [1.82, 2.24) is 5.32 Å². The van der Waals surface area contributed by atoms with Crippen LogP contribution in [0.3, 0.4) is 0 Å². The van der Waals surface area contributed by atoms with Gasteiger partial charge in [-0.15, -0.1) is 0 Å². The highest BCUT2D eigenvalue weighted by molar-refractivity contribution is 5.89. The van der Waals surface area contributed by atoms with E-state index < -0.39 is 29.4 Å². The molecule has 0 unspecified atom stereocenters. The van der Waals surface area contributed by atoms with Gasteiger partial charge in [-0.05, 0) is 20.3 Å². The molecule has 7 heteroatoms. The first kappa shape index (κ1) is 14.4. The molecule has 7 nitrogen and oxygen atoms in total. The van der Waals surface area contributed by atoms with Gasteiger partial charge < -0.3 is 21.9 Å². The van der Waals surface area contributed by atoms with Crippen molar-refractivity contribution in [1.29, 1.82) is 0 Å². The molecule has 0 spiro atoms. The van der Waals surface area contributed by atoms with Crippen molar-refractivity contribution >= 4 is 17.8 Å². The molecule has 0 radical (unpaired) electrons. The third-order valence-electron chi connectivity index (χ3n) is 2.16. The highest BCUT2D eigenvalue weighted by Gasteiger charge is 2.35. The van der Waals surface area contributed by atoms with Crippen molar-refractivity contribution in [2.24, 2.45) is 11.5 Å². The number of primary amides is 1. The average Bonchev–Trinajstić information content (AvgIpc) is 2.14. The van der Waals surface area contributed by atoms with Crippen LogP contribution in [0.15, 0.2) is 0 Å². The fourth-order valence-electron chi connectivity index (χ4n) is 0.982. The maximum Gasteiger partial charge on any atom is 0.329 e. The zero-order chi connectivity index (χ0) is 12.9. The van der Waals surface area contributed by atoms with Crippen LogP contribution < -0.4 is 16.8 Å². The van der Waals surface area contributed by atoms with Crippen LogP contribution in [0.2, 0.25) is 0 Å². The quantitative estimate of drug-likeness (QED) is 0.444. The topological polar surface area (TPSA) is 136 Å². The minimum Gasteiger partial charge on any atom is -0.480 e. The van der Waals surface area contributed by atoms with Gasteiger partial charge in [-0.1, -0.05) is 0 Å². The van der Waals surface area contributed by atoms with Crippen LogP contribution in [-0.4, -0.2) is 34.5 Å². The summed E-state index contributed by atoms with van der Waals surface area (Å²) in [6.45, 7) is 2.74. The predicted molar refractivity (Wildman–Crippen MR) is 56.3 cm³/mol. The molecule has 0 fully saturated rings. The summed E-state index contributed by atoms with van der Waals surface area (Å²) in [5.41, 5.74) is 8.70. The standard InChI is InChI=1S/C9H17N3O4/c1-5(10)7(14)12-9(2,8(15)16)4-3-6(11)13/h5H,3-4,10H2,1-2H3,(H2,11,13)(H,12,14)(H,15,16)/t5-,9-/m0/s1. The molecule has 2 atom stereocenters. The summed E-state index contributed by atoms with van der Waals surface area (Å²) < 4.78 is 0. The van der Waals surface area contributed by atoms with Crippen molar-refractivity contribution in [3.05, 3.63) is 0 Å². The van der Waals surface area contributed by atoms with E-state index in [1.165, 1.54) is 13.8 Å². The Morgan fingerprint density at radius 1 is 1.44 bits per heavy atom. The number of hydrogen-bond acceptors (Lipinski definition) is 4. The van der Waals surface area contributed by atoms with Crippen molar-refractivity contribution in [2.75, 3.05) is 0 Å². The van der Waals surface area contributed by atoms with Crippen LogP contribution in [0, 0.1) is 0 Å². The Morgan fingerprint density at radius 2 is 1.94 bits per heavy atom. The molecule has 92 valence electrons. The lowest BCUT2D eigenvalue weighted by Gasteiger charge is -2.26. The fraction of sp³-hybridized carbons (Fsp3) is 0.667. The van der Waals surface area contributed by atoms with E-state index in [1.807, 2.05) is 0 Å². The number of hydrogen-bond donors (Lipinski definition) is 4. The molecule has 0 aromatic heterocycles. The van der Waals surface area contributed by atoms with Gasteiger partial charge in [0.1, 0.15) is 5.54 Å². The number of carboxylic acid groups (broad SMARTS) is 1. The molecule has 2 amide bonds. The number of rotatable bonds is 6. The van der Waals surface area contributed by atoms with Gasteiger partial charge in [-0.3, -0.25) is 9.59 Å². The van der Waals surface area contributed by atoms with Crippen LogP contribution in [-0.2, 0) is 14.4 Å². The molecule has 0 aliphatic heterocycles. The van der Waals surface area contributed by atoms with E-state index >= 15 is 0 Å². The predicted octanol–water partition coefficient (Wildman–Crippen LogP) is -1.44. The molecule has 0 rings (SSSR count). The van der Waals surface area contributed by atoms with Gasteiger partial charge >= 0.3 is 5.97 Å². The van der Waals surface area contributed by atoms with E-state index in [0.717, 1.165) is 0 Å². The minimum atomic E-state index is -1.53. The highest BCUT2D eigenvalue weighted by atomic mass is 16.4. The maximum atomic E-state index is 11.3. The maximum absolute atomic E-state index is 11.3. The van der Waals surface area contributed by atoms with Crippen LogP contribution in [0.5, 0.6) is 0 Å². The monoisotopic (exact) mass is 231 g/mol. The van der Waals surface area contributed by atoms with Gasteiger partial charge in [0.15, 0.2) is 0 Å². The average molecular weight is 231 g/mol. The molecular formula is C9H17N3O4. The first-order valence-electron chi connectivity index (χ1n) is 4.78. The molecule has 0 saturated carbocycles. The summed E-state index contributed by atoms with van der Waals surface area (Å²) >= 11 is 0. The summed E-state index contributed by atoms with van der Waals surface area (Å²) in [5, 5.41) is 11.2. The molecule has 0 aromatic carbocycles. The van der Waals surface area contributed by atoms with E-state index in [1.54, 1.807) is 0 Å². The molecule has 6 N–H and O–H groups in total. The normalized spacial score (nSPS) is 15.9. The Bertz CT molecular complexity index is 303. The smallest absolute Gasteiger partial charge is 0.329 e. The van der Waals surface area contributed by atoms with Crippen molar-refractivity contribution in [3.8, 4) is 0 Å². The lowest BCUT2D eigenvalue weighted by atomic mass is 9.95. The zero-order valence-electron chi connectivity index (χ0n) is 9.32. The van der Waals surface area contributed by atoms with E-state index in [4.69, 9.17) is 16.6 Å². The summed E-state index contributed by atoms with van der Waals surface area (Å²) in [7, 11) is 0. The molecule has 0 aliphatic carbocycles. The van der Waals surface area contributed by atoms with Crippen LogP contribution in [0.1, 0.15) is 26.7 Å². The van der Waals surface area contributed by atoms with Gasteiger partial charge in [0.05, 0.1) is 6.04 Å². The Morgan fingerprint density at radius 3 is 2.25 bits per heavy atom. The van der Waals surface area contributed by atoms with Crippen molar-refractivity contribution in [3.63, 3.8) is 0 Å². The van der Waals surface area contributed by atoms with E-state index in [2.05, 4.69) is 5.32 Å². The minimum absolute atomic E-state index is 0.0733. The zero-order valence-corrected chi connectivity index (χ0v) is 9.32. The van der Waals surface area contributed by atoms with Gasteiger partial charge in [-0.2, -0.15) is 0 Å². The second kappa shape index (κ2) is 5.45. The first-order chi connectivity index (χ1) is 7.19. The molecule has 16 heavy (non-hydrogen) atoms. The van der Waals surface area contributed by atoms with Gasteiger partial charge in [0, 0.05) is 6.42 Å². The van der Waals surface area contributed by atoms with Gasteiger partial charge in [0.2, 0.25) is 11.8 Å². The lowest BCUT2D eigenvalue weighted by Crippen LogP contribution is -2.56. The largest absolute Gasteiger partial charge is 0.480 e. The highest BCUT2D eigenvalue weighted by Crippen LogP contribution is 2.12. The summed E-state index contributed by atoms with van der Waals surface area (Å²) in [6, 6.07) is -0.813. The number of carbonyl (C=O) groups is 3. The second-order valence-corrected chi connectivity index (χ2v) is 3.88. The number of aliphatic carboxylic acids is 1. The lowest BCUT2D eigenvalue weighted by molar-refractivity contribution is -0.147. The molecular weight excluding hydrogens is 214 g/mol. The van der Waals surface area contributed by atoms with Crippen LogP contribution in [0.25, 0.3) is 0 Å². The molecule has 0 bridgehead atoms. The third kappa shape index (κ3) is 4.26. The molecule has 0 saturated heterocycles. The molecule has 0 aromatic rings. The first-order valence-corrected chi connectivity index (χ1v) is 4.78. The number of nitrogens with one attached hydrogen (secondary N) is 1. The van der Waals surface area contributed by atoms with Crippen LogP contribution in [0.4, 0.5) is 0 Å². The fourth-order valence-corrected chi connectivity index (χ4v) is 0.982. The van der Waals surface area contributed by atoms with Gasteiger partial charge in [0.25, 0.3) is 0 Å². The summed E-state index contributed by atoms with van der Waals surface area (Å²) in [4.78, 5) is 32.9. The van der Waals surface area contributed by atoms with E-state index in [0.29, 0.717) is 0 Å². The number of amides is 2. The van der Waals surface area contributed by atoms with Crippen molar-refractivity contribution in [2.45, 2.75) is 38.3 Å². The third-order valence-corrected chi connectivity index (χ3v) is 2.16. The molecule has 0 aliphatic rings. The van der Waals surface area contributed by atoms with E-state index in [-0.39, 0.29) is 12.8 Å². The Balaban J connectivity index is 4.63. The Hall–Kier alpha value is -1.63. The Kier molecular flexibility index (Phi) is 4.90. The second-order valence-electron chi connectivity index (χ2n) is 3.88. The summed E-state index contributed by atoms with van der Waals surface area (Å²) in [5.74, 6) is -2.44. The summed E-state index contributed by atoms with van der Waals surface area (Å²) in [6.07, 6.45) is -0.196. The van der Waals surface area contributed by atoms with Gasteiger partial charge in [-0.25, -0.2) is 4.79 Å². The SMILES string of the molecule is C[C@H](N)C(=O)N[C@@](C)(CCC(N)=O)C(=O)O. The van der Waals surface area contributed by atoms with Crippen LogP contribution >= 0.6 is 0 Å². The number of nitrogens with two attached hydrogens (primary N) is 2. The van der Waals surface area contributed by atoms with Crippen molar-refractivity contribution < 1.29 is 19.5 Å². The number of carbonyl (C=O) groups excluding carboxylic acids is 2. The Labute approximate surface area is 93.2 Å². The van der Waals surface area contributed by atoms with E-state index in [9.17, 15) is 14.4 Å². The molecule has 0 heterocycles.